The van der Waals surface area contributed by atoms with Crippen molar-refractivity contribution in [2.75, 3.05) is 26.3 Å². The number of nitrogens with one attached hydrogen (secondary N) is 1. The molecule has 2 amide bonds. The lowest BCUT2D eigenvalue weighted by atomic mass is 10.0. The van der Waals surface area contributed by atoms with Crippen LogP contribution in [0.15, 0.2) is 0 Å². The lowest BCUT2D eigenvalue weighted by Gasteiger charge is -2.21. The van der Waals surface area contributed by atoms with Gasteiger partial charge in [-0.2, -0.15) is 0 Å². The molecule has 7 nitrogen and oxygen atoms in total. The first kappa shape index (κ1) is 12.1. The first-order valence-corrected chi connectivity index (χ1v) is 5.62. The Kier molecular flexibility index (Phi) is 3.49. The van der Waals surface area contributed by atoms with Crippen LogP contribution in [0.25, 0.3) is 0 Å². The summed E-state index contributed by atoms with van der Waals surface area (Å²) in [5, 5.41) is 20.9. The number of nitrogens with zero attached hydrogens (tertiary/aromatic N) is 1. The Hall–Kier alpha value is -1.34. The van der Waals surface area contributed by atoms with Gasteiger partial charge in [0.15, 0.2) is 0 Å². The van der Waals surface area contributed by atoms with Crippen LogP contribution in [-0.4, -0.2) is 65.6 Å². The number of amides is 2. The van der Waals surface area contributed by atoms with Crippen LogP contribution in [0.5, 0.6) is 0 Å². The van der Waals surface area contributed by atoms with E-state index in [1.54, 1.807) is 0 Å². The average molecular weight is 244 g/mol. The third-order valence-electron chi connectivity index (χ3n) is 3.16. The minimum atomic E-state index is -0.964. The molecule has 2 aliphatic heterocycles. The fourth-order valence-corrected chi connectivity index (χ4v) is 2.12. The summed E-state index contributed by atoms with van der Waals surface area (Å²) in [5.41, 5.74) is 0. The van der Waals surface area contributed by atoms with E-state index in [0.29, 0.717) is 19.5 Å². The van der Waals surface area contributed by atoms with Gasteiger partial charge in [0.25, 0.3) is 0 Å². The van der Waals surface area contributed by atoms with Crippen LogP contribution in [0.1, 0.15) is 6.42 Å². The fraction of sp³-hybridized carbons (Fsp3) is 0.800. The van der Waals surface area contributed by atoms with E-state index in [-0.39, 0.29) is 19.2 Å². The summed E-state index contributed by atoms with van der Waals surface area (Å²) >= 11 is 0. The van der Waals surface area contributed by atoms with Gasteiger partial charge < -0.3 is 25.2 Å². The van der Waals surface area contributed by atoms with Crippen LogP contribution in [-0.2, 0) is 9.53 Å². The van der Waals surface area contributed by atoms with Crippen LogP contribution >= 0.6 is 0 Å². The number of ether oxygens (including phenoxy) is 1. The van der Waals surface area contributed by atoms with Gasteiger partial charge in [0, 0.05) is 13.1 Å². The van der Waals surface area contributed by atoms with Crippen molar-refractivity contribution in [3.63, 3.8) is 0 Å². The maximum absolute atomic E-state index is 11.8. The number of aliphatic hydroxyl groups excluding tert-OH is 1. The molecule has 2 fully saturated rings. The molecule has 0 radical (unpaired) electrons. The molecule has 2 saturated heterocycles. The third kappa shape index (κ3) is 2.67. The van der Waals surface area contributed by atoms with E-state index in [1.165, 1.54) is 4.90 Å². The largest absolute Gasteiger partial charge is 0.481 e. The van der Waals surface area contributed by atoms with Crippen molar-refractivity contribution in [1.29, 1.82) is 0 Å². The highest BCUT2D eigenvalue weighted by Gasteiger charge is 2.36. The standard InChI is InChI=1S/C10H16N2O5/c13-6-1-2-12(3-6)10(16)11-8-5-17-4-7(8)9(14)15/h6-8,13H,1-5H2,(H,11,16)(H,14,15). The lowest BCUT2D eigenvalue weighted by Crippen LogP contribution is -2.48. The molecule has 3 unspecified atom stereocenters. The molecule has 2 aliphatic rings. The molecule has 2 heterocycles. The first-order valence-electron chi connectivity index (χ1n) is 5.62. The van der Waals surface area contributed by atoms with Crippen molar-refractivity contribution in [2.45, 2.75) is 18.6 Å². The molecule has 0 bridgehead atoms. The number of hydrogen-bond acceptors (Lipinski definition) is 4. The molecule has 3 N–H and O–H groups in total. The summed E-state index contributed by atoms with van der Waals surface area (Å²) < 4.78 is 5.05. The SMILES string of the molecule is O=C(O)C1COCC1NC(=O)N1CCC(O)C1. The van der Waals surface area contributed by atoms with E-state index in [2.05, 4.69) is 5.32 Å². The van der Waals surface area contributed by atoms with E-state index in [9.17, 15) is 14.7 Å². The average Bonchev–Trinajstić information content (AvgIpc) is 2.86. The number of hydrogen-bond donors (Lipinski definition) is 3. The molecule has 17 heavy (non-hydrogen) atoms. The maximum atomic E-state index is 11.8. The van der Waals surface area contributed by atoms with Crippen LogP contribution in [0.2, 0.25) is 0 Å². The minimum Gasteiger partial charge on any atom is -0.481 e. The quantitative estimate of drug-likeness (QED) is 0.570. The molecule has 2 rings (SSSR count). The second kappa shape index (κ2) is 4.89. The Morgan fingerprint density at radius 2 is 2.12 bits per heavy atom. The highest BCUT2D eigenvalue weighted by molar-refractivity contribution is 5.77. The Bertz CT molecular complexity index is 322. The van der Waals surface area contributed by atoms with Gasteiger partial charge in [-0.1, -0.05) is 0 Å². The predicted octanol–water partition coefficient (Wildman–Crippen LogP) is -1.14. The van der Waals surface area contributed by atoms with Gasteiger partial charge in [-0.15, -0.1) is 0 Å². The number of carbonyl (C=O) groups is 2. The number of carboxylic acid groups (broad SMARTS) is 1. The summed E-state index contributed by atoms with van der Waals surface area (Å²) in [6, 6.07) is -0.818. The molecule has 0 saturated carbocycles. The van der Waals surface area contributed by atoms with E-state index in [1.807, 2.05) is 0 Å². The molecule has 0 aliphatic carbocycles. The Morgan fingerprint density at radius 1 is 1.35 bits per heavy atom. The van der Waals surface area contributed by atoms with Gasteiger partial charge in [0.05, 0.1) is 25.4 Å². The molecule has 0 spiro atoms. The van der Waals surface area contributed by atoms with Gasteiger partial charge in [-0.3, -0.25) is 4.79 Å². The van der Waals surface area contributed by atoms with E-state index in [0.717, 1.165) is 0 Å². The van der Waals surface area contributed by atoms with Crippen LogP contribution in [0.3, 0.4) is 0 Å². The fourth-order valence-electron chi connectivity index (χ4n) is 2.12. The number of likely N-dealkylation sites (tertiary alicyclic amines) is 1. The van der Waals surface area contributed by atoms with Crippen LogP contribution < -0.4 is 5.32 Å². The number of carbonyl (C=O) groups excluding carboxylic acids is 1. The Morgan fingerprint density at radius 3 is 2.71 bits per heavy atom. The zero-order valence-electron chi connectivity index (χ0n) is 9.33. The van der Waals surface area contributed by atoms with Gasteiger partial charge in [-0.05, 0) is 6.42 Å². The van der Waals surface area contributed by atoms with E-state index >= 15 is 0 Å². The predicted molar refractivity (Wildman–Crippen MR) is 56.5 cm³/mol. The smallest absolute Gasteiger partial charge is 0.317 e. The normalized spacial score (nSPS) is 32.8. The van der Waals surface area contributed by atoms with Gasteiger partial charge in [0.1, 0.15) is 5.92 Å². The molecule has 0 aromatic carbocycles. The highest BCUT2D eigenvalue weighted by Crippen LogP contribution is 2.15. The van der Waals surface area contributed by atoms with Crippen molar-refractivity contribution < 1.29 is 24.5 Å². The lowest BCUT2D eigenvalue weighted by molar-refractivity contribution is -0.142. The third-order valence-corrected chi connectivity index (χ3v) is 3.16. The molecule has 96 valence electrons. The maximum Gasteiger partial charge on any atom is 0.317 e. The van der Waals surface area contributed by atoms with Gasteiger partial charge >= 0.3 is 12.0 Å². The van der Waals surface area contributed by atoms with Crippen molar-refractivity contribution >= 4 is 12.0 Å². The van der Waals surface area contributed by atoms with E-state index < -0.39 is 24.0 Å². The Balaban J connectivity index is 1.88. The summed E-state index contributed by atoms with van der Waals surface area (Å²) in [6.45, 7) is 1.15. The van der Waals surface area contributed by atoms with Crippen molar-refractivity contribution in [3.8, 4) is 0 Å². The van der Waals surface area contributed by atoms with Gasteiger partial charge in [-0.25, -0.2) is 4.79 Å². The molecule has 7 heteroatoms. The summed E-state index contributed by atoms with van der Waals surface area (Å²) in [4.78, 5) is 24.1. The number of rotatable bonds is 2. The zero-order chi connectivity index (χ0) is 12.4. The van der Waals surface area contributed by atoms with Crippen molar-refractivity contribution in [2.24, 2.45) is 5.92 Å². The van der Waals surface area contributed by atoms with Crippen molar-refractivity contribution in [1.82, 2.24) is 10.2 Å². The Labute approximate surface area is 98.3 Å². The summed E-state index contributed by atoms with van der Waals surface area (Å²) in [6.07, 6.45) is 0.0903. The second-order valence-electron chi connectivity index (χ2n) is 4.43. The summed E-state index contributed by atoms with van der Waals surface area (Å²) in [7, 11) is 0. The molecular formula is C10H16N2O5. The zero-order valence-corrected chi connectivity index (χ0v) is 9.33. The number of aliphatic carboxylic acids is 1. The number of carboxylic acids is 1. The molecule has 0 aromatic rings. The molecular weight excluding hydrogens is 228 g/mol. The number of β-amino-alcohol motifs (C(OH)–C–C–N with tert-alkyl or cyclic N) is 1. The monoisotopic (exact) mass is 244 g/mol. The molecule has 3 atom stereocenters. The second-order valence-corrected chi connectivity index (χ2v) is 4.43. The minimum absolute atomic E-state index is 0.128. The van der Waals surface area contributed by atoms with Crippen LogP contribution in [0, 0.1) is 5.92 Å². The topological polar surface area (TPSA) is 99.1 Å². The van der Waals surface area contributed by atoms with E-state index in [4.69, 9.17) is 9.84 Å². The first-order chi connectivity index (χ1) is 8.08. The highest BCUT2D eigenvalue weighted by atomic mass is 16.5. The van der Waals surface area contributed by atoms with Crippen LogP contribution in [0.4, 0.5) is 4.79 Å². The number of urea groups is 1. The summed E-state index contributed by atoms with van der Waals surface area (Å²) in [5.74, 6) is -1.65. The number of aliphatic hydroxyl groups is 1. The van der Waals surface area contributed by atoms with Crippen molar-refractivity contribution in [3.05, 3.63) is 0 Å². The molecule has 0 aromatic heterocycles. The van der Waals surface area contributed by atoms with Gasteiger partial charge in [0.2, 0.25) is 0 Å².